The van der Waals surface area contributed by atoms with E-state index in [1.807, 2.05) is 32.0 Å². The number of anilines is 3. The maximum absolute atomic E-state index is 14.3. The number of nitrogens with one attached hydrogen (secondary N) is 2. The van der Waals surface area contributed by atoms with Crippen molar-refractivity contribution >= 4 is 38.9 Å². The maximum Gasteiger partial charge on any atom is 0.265 e. The Bertz CT molecular complexity index is 1550. The first-order valence-electron chi connectivity index (χ1n) is 14.0. The van der Waals surface area contributed by atoms with Crippen LogP contribution in [0, 0.1) is 27.7 Å². The largest absolute Gasteiger partial charge is 0.326 e. The van der Waals surface area contributed by atoms with Gasteiger partial charge < -0.3 is 10.6 Å². The first-order valence-corrected chi connectivity index (χ1v) is 15.4. The van der Waals surface area contributed by atoms with Crippen LogP contribution in [-0.4, -0.2) is 26.3 Å². The molecule has 1 fully saturated rings. The number of benzene rings is 3. The van der Waals surface area contributed by atoms with Gasteiger partial charge in [0.25, 0.3) is 10.0 Å². The Morgan fingerprint density at radius 3 is 2.27 bits per heavy atom. The van der Waals surface area contributed by atoms with Crippen molar-refractivity contribution < 1.29 is 18.0 Å². The summed E-state index contributed by atoms with van der Waals surface area (Å²) in [6, 6.07) is 15.3. The van der Waals surface area contributed by atoms with Crippen LogP contribution >= 0.6 is 0 Å². The molecule has 1 heterocycles. The van der Waals surface area contributed by atoms with Crippen molar-refractivity contribution in [3.63, 3.8) is 0 Å². The van der Waals surface area contributed by atoms with E-state index in [9.17, 15) is 18.0 Å². The maximum atomic E-state index is 14.3. The van der Waals surface area contributed by atoms with Gasteiger partial charge in [-0.2, -0.15) is 0 Å². The number of hydrogen-bond donors (Lipinski definition) is 2. The van der Waals surface area contributed by atoms with Crippen LogP contribution in [0.25, 0.3) is 0 Å². The predicted octanol–water partition coefficient (Wildman–Crippen LogP) is 6.51. The Kier molecular flexibility index (Phi) is 7.73. The summed E-state index contributed by atoms with van der Waals surface area (Å²) in [4.78, 5) is 26.9. The summed E-state index contributed by atoms with van der Waals surface area (Å²) in [5.74, 6) is -0.412. The average Bonchev–Trinajstić information content (AvgIpc) is 2.89. The molecule has 2 aliphatic rings. The molecule has 7 nitrogen and oxygen atoms in total. The normalized spacial score (nSPS) is 17.8. The van der Waals surface area contributed by atoms with Gasteiger partial charge in [0.1, 0.15) is 6.04 Å². The average molecular weight is 560 g/mol. The van der Waals surface area contributed by atoms with Gasteiger partial charge in [-0.25, -0.2) is 8.42 Å². The third kappa shape index (κ3) is 5.37. The minimum absolute atomic E-state index is 0.155. The Balaban J connectivity index is 1.45. The Morgan fingerprint density at radius 2 is 1.60 bits per heavy atom. The van der Waals surface area contributed by atoms with Crippen LogP contribution in [0.2, 0.25) is 0 Å². The summed E-state index contributed by atoms with van der Waals surface area (Å²) in [6.07, 6.45) is 5.83. The molecule has 0 radical (unpaired) electrons. The van der Waals surface area contributed by atoms with Gasteiger partial charge in [0.05, 0.1) is 22.7 Å². The highest BCUT2D eigenvalue weighted by molar-refractivity contribution is 7.93. The molecule has 0 spiro atoms. The summed E-state index contributed by atoms with van der Waals surface area (Å²) in [5, 5.41) is 5.73. The molecule has 0 aromatic heterocycles. The van der Waals surface area contributed by atoms with Crippen LogP contribution in [-0.2, 0) is 19.6 Å². The van der Waals surface area contributed by atoms with Gasteiger partial charge in [0.2, 0.25) is 11.8 Å². The number of nitrogens with zero attached hydrogens (tertiary/aromatic N) is 1. The second kappa shape index (κ2) is 11.1. The molecule has 3 aromatic rings. The summed E-state index contributed by atoms with van der Waals surface area (Å²) in [6.45, 7) is 7.39. The lowest BCUT2D eigenvalue weighted by Crippen LogP contribution is -2.52. The highest BCUT2D eigenvalue weighted by Gasteiger charge is 2.43. The van der Waals surface area contributed by atoms with Crippen LogP contribution in [0.5, 0.6) is 0 Å². The van der Waals surface area contributed by atoms with E-state index < -0.39 is 27.9 Å². The van der Waals surface area contributed by atoms with Crippen molar-refractivity contribution in [2.24, 2.45) is 0 Å². The van der Waals surface area contributed by atoms with E-state index in [1.165, 1.54) is 37.7 Å². The number of carbonyl (C=O) groups excluding carboxylic acids is 2. The van der Waals surface area contributed by atoms with Crippen molar-refractivity contribution in [1.29, 1.82) is 0 Å². The second-order valence-electron chi connectivity index (χ2n) is 11.2. The number of hydrogen-bond acceptors (Lipinski definition) is 4. The third-order valence-electron chi connectivity index (χ3n) is 8.09. The van der Waals surface area contributed by atoms with Crippen LogP contribution in [0.15, 0.2) is 59.5 Å². The zero-order valence-electron chi connectivity index (χ0n) is 23.6. The lowest BCUT2D eigenvalue weighted by molar-refractivity contribution is -0.122. The predicted molar refractivity (Wildman–Crippen MR) is 159 cm³/mol. The fourth-order valence-electron chi connectivity index (χ4n) is 6.30. The minimum atomic E-state index is -4.19. The minimum Gasteiger partial charge on any atom is -0.326 e. The molecular weight excluding hydrogens is 522 g/mol. The molecule has 1 atom stereocenters. The van der Waals surface area contributed by atoms with E-state index in [4.69, 9.17) is 0 Å². The fraction of sp³-hybridized carbons (Fsp3) is 0.375. The smallest absolute Gasteiger partial charge is 0.265 e. The standard InChI is InChI=1S/C32H37N3O4S/c1-20-16-22(3)31(23(4)17-20)40(38,39)35-28-13-9-8-12-27(28)34-32(37)29(35)19-30(36)33-26-15-14-25(18-21(26)2)24-10-6-5-7-11-24/h8-9,12-18,24,29H,5-7,10-11,19H2,1-4H3,(H,33,36)(H,34,37). The van der Waals surface area contributed by atoms with Crippen molar-refractivity contribution in [3.05, 3.63) is 82.4 Å². The van der Waals surface area contributed by atoms with Gasteiger partial charge in [0, 0.05) is 5.69 Å². The molecule has 8 heteroatoms. The topological polar surface area (TPSA) is 95.6 Å². The van der Waals surface area contributed by atoms with Gasteiger partial charge in [-0.1, -0.05) is 61.2 Å². The van der Waals surface area contributed by atoms with Crippen LogP contribution in [0.4, 0.5) is 17.1 Å². The molecule has 0 saturated heterocycles. The summed E-state index contributed by atoms with van der Waals surface area (Å²) < 4.78 is 29.6. The molecular formula is C32H37N3O4S. The molecule has 1 saturated carbocycles. The number of fused-ring (bicyclic) bond motifs is 1. The Hall–Kier alpha value is -3.65. The zero-order chi connectivity index (χ0) is 28.6. The number of rotatable bonds is 6. The monoisotopic (exact) mass is 559 g/mol. The molecule has 40 heavy (non-hydrogen) atoms. The quantitative estimate of drug-likeness (QED) is 0.360. The van der Waals surface area contributed by atoms with Crippen molar-refractivity contribution in [2.45, 2.75) is 83.1 Å². The van der Waals surface area contributed by atoms with E-state index in [2.05, 4.69) is 22.8 Å². The Labute approximate surface area is 237 Å². The fourth-order valence-corrected chi connectivity index (χ4v) is 8.35. The van der Waals surface area contributed by atoms with E-state index in [-0.39, 0.29) is 11.3 Å². The van der Waals surface area contributed by atoms with Gasteiger partial charge in [-0.3, -0.25) is 13.9 Å². The number of para-hydroxylation sites is 2. The van der Waals surface area contributed by atoms with E-state index >= 15 is 0 Å². The summed E-state index contributed by atoms with van der Waals surface area (Å²) >= 11 is 0. The molecule has 3 aromatic carbocycles. The first kappa shape index (κ1) is 27.9. The van der Waals surface area contributed by atoms with Gasteiger partial charge in [-0.05, 0) is 86.9 Å². The van der Waals surface area contributed by atoms with Gasteiger partial charge in [0.15, 0.2) is 0 Å². The number of sulfonamides is 1. The highest BCUT2D eigenvalue weighted by atomic mass is 32.2. The number of carbonyl (C=O) groups is 2. The molecule has 2 N–H and O–H groups in total. The van der Waals surface area contributed by atoms with Crippen molar-refractivity contribution in [1.82, 2.24) is 0 Å². The molecule has 210 valence electrons. The van der Waals surface area contributed by atoms with Crippen molar-refractivity contribution in [3.8, 4) is 0 Å². The van der Waals surface area contributed by atoms with Crippen molar-refractivity contribution in [2.75, 3.05) is 14.9 Å². The molecule has 5 rings (SSSR count). The lowest BCUT2D eigenvalue weighted by Gasteiger charge is -2.37. The van der Waals surface area contributed by atoms with Gasteiger partial charge in [-0.15, -0.1) is 0 Å². The van der Waals surface area contributed by atoms with E-state index in [0.717, 1.165) is 15.4 Å². The summed E-state index contributed by atoms with van der Waals surface area (Å²) in [7, 11) is -4.19. The summed E-state index contributed by atoms with van der Waals surface area (Å²) in [5.41, 5.74) is 5.78. The molecule has 2 amide bonds. The number of amides is 2. The molecule has 1 aliphatic heterocycles. The third-order valence-corrected chi connectivity index (χ3v) is 10.2. The number of aryl methyl sites for hydroxylation is 4. The zero-order valence-corrected chi connectivity index (χ0v) is 24.4. The second-order valence-corrected chi connectivity index (χ2v) is 13.0. The van der Waals surface area contributed by atoms with Crippen LogP contribution in [0.3, 0.4) is 0 Å². The highest BCUT2D eigenvalue weighted by Crippen LogP contribution is 2.39. The molecule has 0 bridgehead atoms. The van der Waals surface area contributed by atoms with Crippen LogP contribution < -0.4 is 14.9 Å². The van der Waals surface area contributed by atoms with E-state index in [0.29, 0.717) is 34.1 Å². The van der Waals surface area contributed by atoms with Gasteiger partial charge >= 0.3 is 0 Å². The lowest BCUT2D eigenvalue weighted by atomic mass is 9.83. The molecule has 1 aliphatic carbocycles. The van der Waals surface area contributed by atoms with Crippen LogP contribution in [0.1, 0.15) is 72.3 Å². The Morgan fingerprint density at radius 1 is 0.925 bits per heavy atom. The molecule has 1 unspecified atom stereocenters. The first-order chi connectivity index (χ1) is 19.1. The SMILES string of the molecule is Cc1cc(C)c(S(=O)(=O)N2c3ccccc3NC(=O)C2CC(=O)Nc2ccc(C3CCCCC3)cc2C)c(C)c1. The van der Waals surface area contributed by atoms with E-state index in [1.54, 1.807) is 38.1 Å².